The zero-order chi connectivity index (χ0) is 26.0. The van der Waals surface area contributed by atoms with Gasteiger partial charge in [0.2, 0.25) is 0 Å². The van der Waals surface area contributed by atoms with Crippen LogP contribution in [0.15, 0.2) is 102 Å². The molecule has 1 heterocycles. The topological polar surface area (TPSA) is 127 Å². The number of fused-ring (bicyclic) bond motifs is 1. The first-order chi connectivity index (χ1) is 17.8. The fourth-order valence-corrected chi connectivity index (χ4v) is 4.76. The number of rotatable bonds is 7. The van der Waals surface area contributed by atoms with Gasteiger partial charge in [0, 0.05) is 17.8 Å². The van der Waals surface area contributed by atoms with Crippen molar-refractivity contribution in [1.82, 2.24) is 9.97 Å². The van der Waals surface area contributed by atoms with Crippen molar-refractivity contribution in [1.29, 1.82) is 0 Å². The number of benzene rings is 4. The average Bonchev–Trinajstić information content (AvgIpc) is 2.89. The maximum Gasteiger partial charge on any atom is 0.269 e. The number of nitrogens with one attached hydrogen (secondary N) is 2. The van der Waals surface area contributed by atoms with Crippen molar-refractivity contribution in [2.45, 2.75) is 11.8 Å². The summed E-state index contributed by atoms with van der Waals surface area (Å²) < 4.78 is 28.8. The van der Waals surface area contributed by atoms with Crippen molar-refractivity contribution in [3.8, 4) is 11.1 Å². The molecule has 9 nitrogen and oxygen atoms in total. The highest BCUT2D eigenvalue weighted by atomic mass is 32.2. The second-order valence-electron chi connectivity index (χ2n) is 8.34. The summed E-state index contributed by atoms with van der Waals surface area (Å²) in [6, 6.07) is 27.3. The zero-order valence-corrected chi connectivity index (χ0v) is 20.4. The lowest BCUT2D eigenvalue weighted by Gasteiger charge is -2.14. The molecule has 2 N–H and O–H groups in total. The standard InChI is InChI=1S/C27H21N5O4S/c1-18-9-15-23(16-10-18)37(35,36)31-27-26(29-24-7-2-3-8-25(24)30-27)28-21-6-4-5-20(17-21)19-11-13-22(14-12-19)32(33)34/h2-17H,1H3,(H,28,29)(H,30,31). The van der Waals surface area contributed by atoms with Gasteiger partial charge in [0.25, 0.3) is 15.7 Å². The van der Waals surface area contributed by atoms with Gasteiger partial charge >= 0.3 is 0 Å². The molecule has 1 aromatic heterocycles. The Morgan fingerprint density at radius 3 is 2.05 bits per heavy atom. The molecule has 0 bridgehead atoms. The van der Waals surface area contributed by atoms with Gasteiger partial charge in [-0.1, -0.05) is 42.0 Å². The minimum Gasteiger partial charge on any atom is -0.337 e. The van der Waals surface area contributed by atoms with Crippen LogP contribution < -0.4 is 10.0 Å². The molecule has 184 valence electrons. The molecule has 0 saturated heterocycles. The van der Waals surface area contributed by atoms with Crippen molar-refractivity contribution >= 4 is 44.1 Å². The lowest BCUT2D eigenvalue weighted by atomic mass is 10.0. The van der Waals surface area contributed by atoms with E-state index in [4.69, 9.17) is 0 Å². The number of non-ortho nitro benzene ring substituents is 1. The van der Waals surface area contributed by atoms with Crippen molar-refractivity contribution < 1.29 is 13.3 Å². The van der Waals surface area contributed by atoms with Crippen LogP contribution in [0.5, 0.6) is 0 Å². The highest BCUT2D eigenvalue weighted by Crippen LogP contribution is 2.30. The van der Waals surface area contributed by atoms with Crippen molar-refractivity contribution in [3.05, 3.63) is 113 Å². The molecule has 0 fully saturated rings. The van der Waals surface area contributed by atoms with Gasteiger partial charge in [-0.2, -0.15) is 0 Å². The van der Waals surface area contributed by atoms with E-state index in [1.54, 1.807) is 42.5 Å². The van der Waals surface area contributed by atoms with Gasteiger partial charge in [-0.15, -0.1) is 0 Å². The Bertz CT molecular complexity index is 1720. The van der Waals surface area contributed by atoms with Gasteiger partial charge in [0.1, 0.15) is 0 Å². The molecule has 0 amide bonds. The molecule has 10 heteroatoms. The number of aromatic nitrogens is 2. The summed E-state index contributed by atoms with van der Waals surface area (Å²) in [6.07, 6.45) is 0. The first-order valence-electron chi connectivity index (χ1n) is 11.3. The molecule has 0 aliphatic rings. The smallest absolute Gasteiger partial charge is 0.269 e. The lowest BCUT2D eigenvalue weighted by molar-refractivity contribution is -0.384. The SMILES string of the molecule is Cc1ccc(S(=O)(=O)Nc2nc3ccccc3nc2Nc2cccc(-c3ccc([N+](=O)[O-])cc3)c2)cc1. The van der Waals surface area contributed by atoms with Crippen LogP contribution in [-0.4, -0.2) is 23.3 Å². The number of nitro benzene ring substituents is 1. The Balaban J connectivity index is 1.51. The Morgan fingerprint density at radius 2 is 1.41 bits per heavy atom. The van der Waals surface area contributed by atoms with E-state index in [0.29, 0.717) is 16.7 Å². The normalized spacial score (nSPS) is 11.3. The maximum atomic E-state index is 13.1. The molecule has 0 spiro atoms. The van der Waals surface area contributed by atoms with Crippen LogP contribution in [-0.2, 0) is 10.0 Å². The van der Waals surface area contributed by atoms with Gasteiger partial charge in [0.15, 0.2) is 11.6 Å². The van der Waals surface area contributed by atoms with Gasteiger partial charge in [0.05, 0.1) is 20.9 Å². The second kappa shape index (κ2) is 9.67. The summed E-state index contributed by atoms with van der Waals surface area (Å²) in [5, 5.41) is 14.1. The second-order valence-corrected chi connectivity index (χ2v) is 10.0. The summed E-state index contributed by atoms with van der Waals surface area (Å²) in [5.74, 6) is 0.287. The van der Waals surface area contributed by atoms with Crippen LogP contribution in [0.1, 0.15) is 5.56 Å². The zero-order valence-electron chi connectivity index (χ0n) is 19.6. The quantitative estimate of drug-likeness (QED) is 0.201. The summed E-state index contributed by atoms with van der Waals surface area (Å²) in [4.78, 5) is 19.8. The minimum absolute atomic E-state index is 0.00923. The Hall–Kier alpha value is -4.83. The molecule has 37 heavy (non-hydrogen) atoms. The third-order valence-corrected chi connectivity index (χ3v) is 7.02. The van der Waals surface area contributed by atoms with E-state index in [9.17, 15) is 18.5 Å². The monoisotopic (exact) mass is 511 g/mol. The molecule has 4 aromatic carbocycles. The fourth-order valence-electron chi connectivity index (χ4n) is 3.75. The molecule has 0 saturated carbocycles. The molecule has 0 atom stereocenters. The van der Waals surface area contributed by atoms with Gasteiger partial charge in [-0.05, 0) is 66.6 Å². The molecule has 0 aliphatic heterocycles. The Morgan fingerprint density at radius 1 is 0.757 bits per heavy atom. The Labute approximate surface area is 213 Å². The number of anilines is 3. The molecular formula is C27H21N5O4S. The summed E-state index contributed by atoms with van der Waals surface area (Å²) >= 11 is 0. The molecule has 5 aromatic rings. The number of sulfonamides is 1. The van der Waals surface area contributed by atoms with Crippen LogP contribution in [0.4, 0.5) is 23.0 Å². The van der Waals surface area contributed by atoms with E-state index in [-0.39, 0.29) is 22.2 Å². The fraction of sp³-hybridized carbons (Fsp3) is 0.0370. The van der Waals surface area contributed by atoms with Crippen LogP contribution in [0.2, 0.25) is 0 Å². The number of hydrogen-bond acceptors (Lipinski definition) is 7. The van der Waals surface area contributed by atoms with E-state index in [1.807, 2.05) is 37.3 Å². The van der Waals surface area contributed by atoms with Crippen molar-refractivity contribution in [2.24, 2.45) is 0 Å². The van der Waals surface area contributed by atoms with Crippen molar-refractivity contribution in [3.63, 3.8) is 0 Å². The number of para-hydroxylation sites is 2. The first kappa shape index (κ1) is 23.9. The largest absolute Gasteiger partial charge is 0.337 e. The van der Waals surface area contributed by atoms with E-state index in [0.717, 1.165) is 16.7 Å². The predicted molar refractivity (Wildman–Crippen MR) is 143 cm³/mol. The van der Waals surface area contributed by atoms with E-state index < -0.39 is 14.9 Å². The summed E-state index contributed by atoms with van der Waals surface area (Å²) in [7, 11) is -3.92. The van der Waals surface area contributed by atoms with Gasteiger partial charge in [-0.3, -0.25) is 14.8 Å². The average molecular weight is 512 g/mol. The van der Waals surface area contributed by atoms with Crippen LogP contribution in [0.25, 0.3) is 22.2 Å². The number of nitrogens with zero attached hydrogens (tertiary/aromatic N) is 3. The van der Waals surface area contributed by atoms with Gasteiger partial charge in [-0.25, -0.2) is 18.4 Å². The molecule has 0 radical (unpaired) electrons. The summed E-state index contributed by atoms with van der Waals surface area (Å²) in [6.45, 7) is 1.88. The molecule has 0 unspecified atom stereocenters. The van der Waals surface area contributed by atoms with E-state index in [2.05, 4.69) is 20.0 Å². The number of hydrogen-bond donors (Lipinski definition) is 2. The van der Waals surface area contributed by atoms with Crippen LogP contribution in [0, 0.1) is 17.0 Å². The molecule has 5 rings (SSSR count). The number of aryl methyl sites for hydroxylation is 1. The van der Waals surface area contributed by atoms with Crippen molar-refractivity contribution in [2.75, 3.05) is 10.0 Å². The molecule has 0 aliphatic carbocycles. The third-order valence-electron chi connectivity index (χ3n) is 5.67. The van der Waals surface area contributed by atoms with Crippen LogP contribution >= 0.6 is 0 Å². The highest BCUT2D eigenvalue weighted by molar-refractivity contribution is 7.92. The third kappa shape index (κ3) is 5.24. The lowest BCUT2D eigenvalue weighted by Crippen LogP contribution is -2.16. The van der Waals surface area contributed by atoms with Gasteiger partial charge < -0.3 is 5.32 Å². The first-order valence-corrected chi connectivity index (χ1v) is 12.7. The van der Waals surface area contributed by atoms with Crippen LogP contribution in [0.3, 0.4) is 0 Å². The van der Waals surface area contributed by atoms with E-state index in [1.165, 1.54) is 24.3 Å². The molecular weight excluding hydrogens is 490 g/mol. The number of nitro groups is 1. The van der Waals surface area contributed by atoms with E-state index >= 15 is 0 Å². The Kier molecular flexibility index (Phi) is 6.24. The maximum absolute atomic E-state index is 13.1. The minimum atomic E-state index is -3.92. The predicted octanol–water partition coefficient (Wildman–Crippen LogP) is 6.06. The summed E-state index contributed by atoms with van der Waals surface area (Å²) in [5.41, 5.74) is 4.32. The highest BCUT2D eigenvalue weighted by Gasteiger charge is 2.19.